The first-order valence-corrected chi connectivity index (χ1v) is 10.7. The third kappa shape index (κ3) is 4.32. The lowest BCUT2D eigenvalue weighted by Gasteiger charge is -2.18. The molecule has 4 rings (SSSR count). The zero-order valence-electron chi connectivity index (χ0n) is 18.4. The Hall–Kier alpha value is -3.37. The van der Waals surface area contributed by atoms with Gasteiger partial charge in [-0.2, -0.15) is 0 Å². The van der Waals surface area contributed by atoms with Gasteiger partial charge in [-0.3, -0.25) is 0 Å². The van der Waals surface area contributed by atoms with Gasteiger partial charge in [-0.05, 0) is 71.5 Å². The van der Waals surface area contributed by atoms with Gasteiger partial charge >= 0.3 is 11.6 Å². The average Bonchev–Trinajstić information content (AvgIpc) is 2.75. The molecule has 0 fully saturated rings. The van der Waals surface area contributed by atoms with Crippen LogP contribution in [0.4, 0.5) is 0 Å². The van der Waals surface area contributed by atoms with Gasteiger partial charge in [-0.25, -0.2) is 9.59 Å². The maximum Gasteiger partial charge on any atom is 0.344 e. The lowest BCUT2D eigenvalue weighted by Crippen LogP contribution is -2.13. The monoisotopic (exact) mass is 446 g/mol. The zero-order chi connectivity index (χ0) is 23.0. The van der Waals surface area contributed by atoms with Gasteiger partial charge in [0.25, 0.3) is 0 Å². The maximum absolute atomic E-state index is 12.7. The summed E-state index contributed by atoms with van der Waals surface area (Å²) in [4.78, 5) is 25.3. The number of hydrogen-bond acceptors (Lipinski definition) is 4. The highest BCUT2D eigenvalue weighted by molar-refractivity contribution is 6.30. The van der Waals surface area contributed by atoms with Gasteiger partial charge in [-0.15, -0.1) is 0 Å². The van der Waals surface area contributed by atoms with Gasteiger partial charge in [-0.1, -0.05) is 56.6 Å². The molecule has 0 aliphatic rings. The van der Waals surface area contributed by atoms with Crippen LogP contribution in [0.2, 0.25) is 5.02 Å². The van der Waals surface area contributed by atoms with Crippen LogP contribution in [0.3, 0.4) is 0 Å². The quantitative estimate of drug-likeness (QED) is 0.194. The minimum absolute atomic E-state index is 0.00399. The molecule has 0 unspecified atom stereocenters. The highest BCUT2D eigenvalue weighted by atomic mass is 35.5. The van der Waals surface area contributed by atoms with E-state index in [-0.39, 0.29) is 5.41 Å². The molecule has 0 radical (unpaired) electrons. The van der Waals surface area contributed by atoms with Crippen molar-refractivity contribution in [2.75, 3.05) is 0 Å². The molecule has 5 heteroatoms. The van der Waals surface area contributed by atoms with Crippen molar-refractivity contribution in [3.8, 4) is 16.9 Å². The van der Waals surface area contributed by atoms with Crippen LogP contribution < -0.4 is 10.4 Å². The Morgan fingerprint density at radius 2 is 1.59 bits per heavy atom. The minimum Gasteiger partial charge on any atom is -0.423 e. The molecule has 0 bridgehead atoms. The number of rotatable bonds is 3. The van der Waals surface area contributed by atoms with Crippen LogP contribution >= 0.6 is 11.6 Å². The van der Waals surface area contributed by atoms with Crippen LogP contribution in [0.15, 0.2) is 75.9 Å². The highest BCUT2D eigenvalue weighted by Gasteiger charge is 2.17. The fourth-order valence-corrected chi connectivity index (χ4v) is 3.74. The van der Waals surface area contributed by atoms with E-state index >= 15 is 0 Å². The molecular weight excluding hydrogens is 424 g/mol. The summed E-state index contributed by atoms with van der Waals surface area (Å²) in [6.07, 6.45) is 0. The first-order chi connectivity index (χ1) is 15.1. The van der Waals surface area contributed by atoms with Crippen LogP contribution in [0, 0.1) is 6.92 Å². The Kier molecular flexibility index (Phi) is 5.66. The smallest absolute Gasteiger partial charge is 0.344 e. The number of ether oxygens (including phenoxy) is 1. The molecule has 4 aromatic rings. The molecule has 162 valence electrons. The van der Waals surface area contributed by atoms with E-state index in [2.05, 4.69) is 20.8 Å². The number of hydrogen-bond donors (Lipinski definition) is 0. The largest absolute Gasteiger partial charge is 0.423 e. The number of benzene rings is 3. The van der Waals surface area contributed by atoms with Gasteiger partial charge in [0.05, 0.1) is 11.1 Å². The van der Waals surface area contributed by atoms with Crippen molar-refractivity contribution in [1.82, 2.24) is 0 Å². The number of fused-ring (bicyclic) bond motifs is 1. The second-order valence-electron chi connectivity index (χ2n) is 8.77. The molecule has 0 aliphatic heterocycles. The summed E-state index contributed by atoms with van der Waals surface area (Å²) >= 11 is 5.97. The summed E-state index contributed by atoms with van der Waals surface area (Å²) in [6.45, 7) is 8.21. The van der Waals surface area contributed by atoms with Gasteiger partial charge < -0.3 is 9.15 Å². The first kappa shape index (κ1) is 21.8. The van der Waals surface area contributed by atoms with Crippen LogP contribution in [-0.2, 0) is 5.41 Å². The van der Waals surface area contributed by atoms with Crippen LogP contribution in [0.25, 0.3) is 22.1 Å². The summed E-state index contributed by atoms with van der Waals surface area (Å²) in [7, 11) is 0. The number of carbonyl (C=O) groups excluding carboxylic acids is 1. The molecule has 32 heavy (non-hydrogen) atoms. The van der Waals surface area contributed by atoms with E-state index in [4.69, 9.17) is 20.8 Å². The Balaban J connectivity index is 1.68. The Morgan fingerprint density at radius 1 is 0.938 bits per heavy atom. The van der Waals surface area contributed by atoms with E-state index in [1.54, 1.807) is 54.6 Å². The van der Waals surface area contributed by atoms with Gasteiger partial charge in [0.2, 0.25) is 0 Å². The van der Waals surface area contributed by atoms with Crippen LogP contribution in [0.5, 0.6) is 5.75 Å². The molecule has 0 N–H and O–H groups in total. The molecule has 0 aliphatic carbocycles. The van der Waals surface area contributed by atoms with Crippen molar-refractivity contribution < 1.29 is 13.9 Å². The van der Waals surface area contributed by atoms with Crippen LogP contribution in [-0.4, -0.2) is 5.97 Å². The van der Waals surface area contributed by atoms with Crippen molar-refractivity contribution in [2.45, 2.75) is 33.1 Å². The summed E-state index contributed by atoms with van der Waals surface area (Å²) in [5.41, 5.74) is 3.52. The number of esters is 1. The Bertz CT molecular complexity index is 1360. The summed E-state index contributed by atoms with van der Waals surface area (Å²) in [6, 6.07) is 19.4. The molecule has 4 nitrogen and oxygen atoms in total. The summed E-state index contributed by atoms with van der Waals surface area (Å²) in [5, 5.41) is 1.28. The molecule has 0 spiro atoms. The van der Waals surface area contributed by atoms with E-state index in [0.29, 0.717) is 38.4 Å². The van der Waals surface area contributed by atoms with Crippen molar-refractivity contribution >= 4 is 28.5 Å². The lowest BCUT2D eigenvalue weighted by molar-refractivity contribution is 0.0735. The van der Waals surface area contributed by atoms with E-state index in [1.807, 2.05) is 19.1 Å². The first-order valence-electron chi connectivity index (χ1n) is 10.3. The van der Waals surface area contributed by atoms with Crippen molar-refractivity contribution in [1.29, 1.82) is 0 Å². The predicted octanol–water partition coefficient (Wildman–Crippen LogP) is 6.94. The van der Waals surface area contributed by atoms with Gasteiger partial charge in [0.15, 0.2) is 0 Å². The zero-order valence-corrected chi connectivity index (χ0v) is 19.1. The second-order valence-corrected chi connectivity index (χ2v) is 9.21. The van der Waals surface area contributed by atoms with Crippen molar-refractivity contribution in [3.05, 3.63) is 98.9 Å². The fourth-order valence-electron chi connectivity index (χ4n) is 3.62. The van der Waals surface area contributed by atoms with E-state index < -0.39 is 11.6 Å². The van der Waals surface area contributed by atoms with Gasteiger partial charge in [0.1, 0.15) is 11.3 Å². The van der Waals surface area contributed by atoms with Crippen molar-refractivity contribution in [2.24, 2.45) is 0 Å². The maximum atomic E-state index is 12.7. The third-order valence-electron chi connectivity index (χ3n) is 5.47. The molecule has 0 saturated carbocycles. The molecule has 0 atom stereocenters. The summed E-state index contributed by atoms with van der Waals surface area (Å²) in [5.74, 6) is -0.0702. The normalized spacial score (nSPS) is 11.5. The van der Waals surface area contributed by atoms with E-state index in [9.17, 15) is 9.59 Å². The Labute approximate surface area is 191 Å². The lowest BCUT2D eigenvalue weighted by atomic mass is 9.87. The SMILES string of the molecule is Cc1c(-c2ccc(Cl)cc2)c(=O)oc2ccc(OC(=O)c3ccc(C(C)(C)C)cc3)cc12. The summed E-state index contributed by atoms with van der Waals surface area (Å²) < 4.78 is 11.1. The standard InChI is InChI=1S/C27H23ClO4/c1-16-22-15-21(31-25(29)18-5-9-19(10-6-18)27(2,3)4)13-14-23(22)32-26(30)24(16)17-7-11-20(28)12-8-17/h5-15H,1-4H3. The molecule has 1 aromatic heterocycles. The molecule has 1 heterocycles. The Morgan fingerprint density at radius 3 is 2.22 bits per heavy atom. The fraction of sp³-hybridized carbons (Fsp3) is 0.185. The predicted molar refractivity (Wildman–Crippen MR) is 128 cm³/mol. The molecule has 0 amide bonds. The molecule has 0 saturated heterocycles. The topological polar surface area (TPSA) is 56.5 Å². The molecule has 3 aromatic carbocycles. The number of halogens is 1. The van der Waals surface area contributed by atoms with E-state index in [0.717, 1.165) is 11.1 Å². The average molecular weight is 447 g/mol. The number of carbonyl (C=O) groups is 1. The van der Waals surface area contributed by atoms with Crippen LogP contribution in [0.1, 0.15) is 42.3 Å². The van der Waals surface area contributed by atoms with Crippen molar-refractivity contribution in [3.63, 3.8) is 0 Å². The molecular formula is C27H23ClO4. The van der Waals surface area contributed by atoms with Gasteiger partial charge in [0, 0.05) is 10.4 Å². The highest BCUT2D eigenvalue weighted by Crippen LogP contribution is 2.30. The number of aryl methyl sites for hydroxylation is 1. The third-order valence-corrected chi connectivity index (χ3v) is 5.72. The second kappa shape index (κ2) is 8.29. The minimum atomic E-state index is -0.447. The van der Waals surface area contributed by atoms with E-state index in [1.165, 1.54) is 0 Å².